The van der Waals surface area contributed by atoms with Gasteiger partial charge in [-0.05, 0) is 18.2 Å². The van der Waals surface area contributed by atoms with Crippen molar-refractivity contribution < 1.29 is 0 Å². The Labute approximate surface area is 111 Å². The van der Waals surface area contributed by atoms with Crippen LogP contribution in [0.1, 0.15) is 0 Å². The molecular weight excluding hydrogens is 264 g/mol. The molecule has 0 fully saturated rings. The number of rotatable bonds is 2. The van der Waals surface area contributed by atoms with E-state index in [1.165, 1.54) is 0 Å². The molecule has 0 saturated heterocycles. The van der Waals surface area contributed by atoms with E-state index in [2.05, 4.69) is 19.9 Å². The Morgan fingerprint density at radius 1 is 1.00 bits per heavy atom. The second-order valence-corrected chi connectivity index (χ2v) is 5.61. The Morgan fingerprint density at radius 3 is 2.67 bits per heavy atom. The molecule has 4 nitrogen and oxygen atoms in total. The Kier molecular flexibility index (Phi) is 3.20. The molecule has 3 aromatic heterocycles. The van der Waals surface area contributed by atoms with Gasteiger partial charge in [-0.15, -0.1) is 0 Å². The van der Waals surface area contributed by atoms with Crippen LogP contribution in [0.15, 0.2) is 54.0 Å². The van der Waals surface area contributed by atoms with Gasteiger partial charge in [0.15, 0.2) is 0 Å². The van der Waals surface area contributed by atoms with Crippen LogP contribution >= 0.6 is 20.7 Å². The second-order valence-electron chi connectivity index (χ2n) is 3.42. The van der Waals surface area contributed by atoms with E-state index < -0.39 is 0 Å². The molecule has 0 saturated carbocycles. The summed E-state index contributed by atoms with van der Waals surface area (Å²) in [5.74, 6) is 0.490. The van der Waals surface area contributed by atoms with Crippen molar-refractivity contribution in [1.82, 2.24) is 15.0 Å². The predicted octanol–water partition coefficient (Wildman–Crippen LogP) is 2.89. The van der Waals surface area contributed by atoms with Gasteiger partial charge in [-0.2, -0.15) is 4.99 Å². The fourth-order valence-electron chi connectivity index (χ4n) is 1.39. The topological polar surface area (TPSA) is 51.0 Å². The van der Waals surface area contributed by atoms with Crippen LogP contribution < -0.4 is 4.67 Å². The highest BCUT2D eigenvalue weighted by atomic mass is 32.9. The molecular formula is C12H8N4S2. The van der Waals surface area contributed by atoms with Crippen molar-refractivity contribution >= 4 is 26.6 Å². The lowest BCUT2D eigenvalue weighted by atomic mass is 10.2. The third kappa shape index (κ3) is 2.49. The normalized spacial score (nSPS) is 11.7. The Balaban J connectivity index is 1.98. The fourth-order valence-corrected chi connectivity index (χ4v) is 3.51. The maximum atomic E-state index is 4.37. The lowest BCUT2D eigenvalue weighted by Gasteiger charge is -1.91. The first-order valence-electron chi connectivity index (χ1n) is 5.24. The zero-order valence-corrected chi connectivity index (χ0v) is 10.9. The summed E-state index contributed by atoms with van der Waals surface area (Å²) in [4.78, 5) is 17.8. The maximum absolute atomic E-state index is 4.37. The minimum atomic E-state index is 0.490. The van der Waals surface area contributed by atoms with Crippen LogP contribution in [-0.4, -0.2) is 15.0 Å². The van der Waals surface area contributed by atoms with Crippen molar-refractivity contribution in [2.75, 3.05) is 0 Å². The zero-order valence-electron chi connectivity index (χ0n) is 9.22. The monoisotopic (exact) mass is 272 g/mol. The van der Waals surface area contributed by atoms with Crippen LogP contribution in [0.5, 0.6) is 0 Å². The van der Waals surface area contributed by atoms with E-state index in [0.717, 1.165) is 15.1 Å². The molecule has 0 aliphatic heterocycles. The molecule has 0 aliphatic carbocycles. The van der Waals surface area contributed by atoms with Gasteiger partial charge < -0.3 is 0 Å². The van der Waals surface area contributed by atoms with Gasteiger partial charge in [0.1, 0.15) is 4.67 Å². The Morgan fingerprint density at radius 2 is 1.89 bits per heavy atom. The highest BCUT2D eigenvalue weighted by molar-refractivity contribution is 7.69. The van der Waals surface area contributed by atoms with Gasteiger partial charge in [-0.1, -0.05) is 26.7 Å². The SMILES string of the molecule is c1cnc(/N=c2\cc(-c3cccnc3)ss2)nc1. The average molecular weight is 272 g/mol. The highest BCUT2D eigenvalue weighted by Gasteiger charge is 2.00. The van der Waals surface area contributed by atoms with E-state index in [-0.39, 0.29) is 0 Å². The van der Waals surface area contributed by atoms with Crippen LogP contribution in [0.25, 0.3) is 10.4 Å². The molecule has 0 atom stereocenters. The molecule has 3 heterocycles. The summed E-state index contributed by atoms with van der Waals surface area (Å²) in [5, 5.41) is 0. The van der Waals surface area contributed by atoms with E-state index >= 15 is 0 Å². The highest BCUT2D eigenvalue weighted by Crippen LogP contribution is 2.24. The van der Waals surface area contributed by atoms with E-state index in [0.29, 0.717) is 5.95 Å². The summed E-state index contributed by atoms with van der Waals surface area (Å²) in [6.07, 6.45) is 6.99. The molecule has 0 N–H and O–H groups in total. The number of hydrogen-bond acceptors (Lipinski definition) is 6. The molecule has 0 radical (unpaired) electrons. The van der Waals surface area contributed by atoms with Crippen molar-refractivity contribution in [3.8, 4) is 10.4 Å². The standard InChI is InChI=1S/C12H8N4S2/c1-3-9(8-13-4-1)10-7-11(18-17-10)16-12-14-5-2-6-15-12/h1-8H/b16-11+. The Bertz CT molecular complexity index is 689. The molecule has 0 bridgehead atoms. The largest absolute Gasteiger partial charge is 0.264 e. The van der Waals surface area contributed by atoms with Crippen molar-refractivity contribution in [2.45, 2.75) is 0 Å². The summed E-state index contributed by atoms with van der Waals surface area (Å²) < 4.78 is 0.907. The van der Waals surface area contributed by atoms with E-state index in [1.807, 2.05) is 24.4 Å². The van der Waals surface area contributed by atoms with E-state index in [1.54, 1.807) is 45.3 Å². The average Bonchev–Trinajstić information content (AvgIpc) is 2.89. The van der Waals surface area contributed by atoms with E-state index in [4.69, 9.17) is 0 Å². The summed E-state index contributed by atoms with van der Waals surface area (Å²) in [7, 11) is 3.28. The predicted molar refractivity (Wildman–Crippen MR) is 72.7 cm³/mol. The van der Waals surface area contributed by atoms with Crippen LogP contribution in [-0.2, 0) is 0 Å². The van der Waals surface area contributed by atoms with Gasteiger partial charge >= 0.3 is 0 Å². The van der Waals surface area contributed by atoms with Gasteiger partial charge in [0.25, 0.3) is 5.95 Å². The van der Waals surface area contributed by atoms with Crippen LogP contribution in [0.3, 0.4) is 0 Å². The smallest absolute Gasteiger partial charge is 0.250 e. The van der Waals surface area contributed by atoms with Crippen LogP contribution in [0.2, 0.25) is 0 Å². The zero-order chi connectivity index (χ0) is 12.2. The molecule has 0 aromatic carbocycles. The molecule has 6 heteroatoms. The molecule has 18 heavy (non-hydrogen) atoms. The third-order valence-electron chi connectivity index (χ3n) is 2.18. The summed E-state index contributed by atoms with van der Waals surface area (Å²) in [6, 6.07) is 7.77. The van der Waals surface area contributed by atoms with Gasteiger partial charge in [-0.25, -0.2) is 9.97 Å². The number of nitrogens with zero attached hydrogens (tertiary/aromatic N) is 4. The van der Waals surface area contributed by atoms with Gasteiger partial charge in [0, 0.05) is 35.2 Å². The minimum Gasteiger partial charge on any atom is -0.264 e. The lowest BCUT2D eigenvalue weighted by Crippen LogP contribution is -1.91. The molecule has 0 amide bonds. The van der Waals surface area contributed by atoms with Crippen molar-refractivity contribution in [1.29, 1.82) is 0 Å². The molecule has 0 aliphatic rings. The van der Waals surface area contributed by atoms with Gasteiger partial charge in [0.05, 0.1) is 0 Å². The summed E-state index contributed by atoms with van der Waals surface area (Å²) in [6.45, 7) is 0. The molecule has 88 valence electrons. The van der Waals surface area contributed by atoms with E-state index in [9.17, 15) is 0 Å². The maximum Gasteiger partial charge on any atom is 0.250 e. The molecule has 0 spiro atoms. The van der Waals surface area contributed by atoms with Gasteiger partial charge in [-0.3, -0.25) is 4.98 Å². The summed E-state index contributed by atoms with van der Waals surface area (Å²) >= 11 is 0. The number of hydrogen-bond donors (Lipinski definition) is 0. The third-order valence-corrected chi connectivity index (χ3v) is 4.48. The Hall–Kier alpha value is -1.92. The van der Waals surface area contributed by atoms with Crippen LogP contribution in [0.4, 0.5) is 5.95 Å². The van der Waals surface area contributed by atoms with Crippen molar-refractivity contribution in [2.24, 2.45) is 4.99 Å². The molecule has 3 rings (SSSR count). The van der Waals surface area contributed by atoms with Crippen molar-refractivity contribution in [3.63, 3.8) is 0 Å². The minimum absolute atomic E-state index is 0.490. The first-order valence-corrected chi connectivity index (χ1v) is 7.39. The first-order chi connectivity index (χ1) is 8.92. The fraction of sp³-hybridized carbons (Fsp3) is 0. The number of pyridine rings is 1. The van der Waals surface area contributed by atoms with Gasteiger partial charge in [0.2, 0.25) is 0 Å². The molecule has 3 aromatic rings. The first kappa shape index (κ1) is 11.2. The molecule has 0 unspecified atom stereocenters. The van der Waals surface area contributed by atoms with Crippen LogP contribution in [0, 0.1) is 0 Å². The second kappa shape index (κ2) is 5.16. The lowest BCUT2D eigenvalue weighted by molar-refractivity contribution is 1.11. The number of aromatic nitrogens is 3. The van der Waals surface area contributed by atoms with Crippen molar-refractivity contribution in [3.05, 3.63) is 53.7 Å². The quantitative estimate of drug-likeness (QED) is 0.674. The summed E-state index contributed by atoms with van der Waals surface area (Å²) in [5.41, 5.74) is 1.11.